The second-order valence-electron chi connectivity index (χ2n) is 6.48. The van der Waals surface area contributed by atoms with Crippen LogP contribution in [0.15, 0.2) is 47.6 Å². The number of aliphatic imine (C=N–C) groups is 1. The molecule has 0 spiro atoms. The van der Waals surface area contributed by atoms with Crippen molar-refractivity contribution in [2.24, 2.45) is 10.7 Å². The molecule has 0 saturated heterocycles. The Bertz CT molecular complexity index is 797. The summed E-state index contributed by atoms with van der Waals surface area (Å²) in [5.74, 6) is 0.699. The molecule has 0 unspecified atom stereocenters. The minimum absolute atomic E-state index is 0.0487. The summed E-state index contributed by atoms with van der Waals surface area (Å²) >= 11 is 0. The number of alkyl carbamates (subject to hydrolysis) is 1. The van der Waals surface area contributed by atoms with Crippen molar-refractivity contribution in [1.82, 2.24) is 10.3 Å². The maximum atomic E-state index is 11.7. The van der Waals surface area contributed by atoms with Gasteiger partial charge in [-0.2, -0.15) is 0 Å². The number of nitrogens with one attached hydrogen (secondary N) is 1. The summed E-state index contributed by atoms with van der Waals surface area (Å²) in [6.07, 6.45) is 1.04. The predicted octanol–water partition coefficient (Wildman–Crippen LogP) is 3.62. The number of aromatic nitrogens is 1. The molecule has 1 heterocycles. The quantitative estimate of drug-likeness (QED) is 0.644. The van der Waals surface area contributed by atoms with Gasteiger partial charge in [0.15, 0.2) is 0 Å². The van der Waals surface area contributed by atoms with E-state index in [-0.39, 0.29) is 5.96 Å². The van der Waals surface area contributed by atoms with E-state index in [9.17, 15) is 4.79 Å². The average Bonchev–Trinajstić information content (AvgIpc) is 2.53. The largest absolute Gasteiger partial charge is 0.494 e. The number of nitrogens with two attached hydrogens (primary N) is 1. The van der Waals surface area contributed by atoms with E-state index < -0.39 is 11.7 Å². The fourth-order valence-electron chi connectivity index (χ4n) is 2.14. The van der Waals surface area contributed by atoms with E-state index in [0.717, 1.165) is 17.0 Å². The second kappa shape index (κ2) is 8.33. The van der Waals surface area contributed by atoms with Gasteiger partial charge < -0.3 is 15.2 Å². The van der Waals surface area contributed by atoms with Gasteiger partial charge in [-0.3, -0.25) is 10.3 Å². The molecule has 3 N–H and O–H groups in total. The van der Waals surface area contributed by atoms with Crippen molar-refractivity contribution in [2.75, 3.05) is 6.61 Å². The maximum Gasteiger partial charge on any atom is 0.414 e. The average molecular weight is 356 g/mol. The molecule has 1 amide bonds. The van der Waals surface area contributed by atoms with Crippen LogP contribution in [0.2, 0.25) is 0 Å². The van der Waals surface area contributed by atoms with Crippen molar-refractivity contribution in [3.63, 3.8) is 0 Å². The van der Waals surface area contributed by atoms with Crippen LogP contribution in [0.4, 0.5) is 10.5 Å². The molecule has 0 bridgehead atoms. The van der Waals surface area contributed by atoms with E-state index in [1.165, 1.54) is 0 Å². The van der Waals surface area contributed by atoms with Gasteiger partial charge in [0.25, 0.3) is 0 Å². The van der Waals surface area contributed by atoms with E-state index in [1.54, 1.807) is 39.1 Å². The number of carbonyl (C=O) groups is 1. The summed E-state index contributed by atoms with van der Waals surface area (Å²) in [6.45, 7) is 7.82. The van der Waals surface area contributed by atoms with Crippen LogP contribution in [-0.4, -0.2) is 29.2 Å². The summed E-state index contributed by atoms with van der Waals surface area (Å²) < 4.78 is 10.6. The third-order valence-electron chi connectivity index (χ3n) is 3.06. The SMILES string of the molecule is CCOc1ccnc(-c2cccc(N=C(N)NC(=O)OC(C)(C)C)c2)c1. The maximum absolute atomic E-state index is 11.7. The lowest BCUT2D eigenvalue weighted by molar-refractivity contribution is 0.0562. The van der Waals surface area contributed by atoms with Crippen molar-refractivity contribution in [2.45, 2.75) is 33.3 Å². The summed E-state index contributed by atoms with van der Waals surface area (Å²) in [7, 11) is 0. The highest BCUT2D eigenvalue weighted by Crippen LogP contribution is 2.25. The number of guanidine groups is 1. The molecule has 0 aliphatic heterocycles. The van der Waals surface area contributed by atoms with Crippen LogP contribution in [-0.2, 0) is 4.74 Å². The Labute approximate surface area is 153 Å². The van der Waals surface area contributed by atoms with Crippen molar-refractivity contribution in [3.05, 3.63) is 42.6 Å². The van der Waals surface area contributed by atoms with E-state index in [0.29, 0.717) is 12.3 Å². The topological polar surface area (TPSA) is 98.8 Å². The number of hydrogen-bond donors (Lipinski definition) is 2. The molecule has 138 valence electrons. The van der Waals surface area contributed by atoms with Crippen molar-refractivity contribution >= 4 is 17.7 Å². The molecular weight excluding hydrogens is 332 g/mol. The Balaban J connectivity index is 2.16. The Hall–Kier alpha value is -3.09. The number of hydrogen-bond acceptors (Lipinski definition) is 5. The third kappa shape index (κ3) is 6.08. The van der Waals surface area contributed by atoms with Gasteiger partial charge in [-0.15, -0.1) is 0 Å². The zero-order valence-electron chi connectivity index (χ0n) is 15.4. The highest BCUT2D eigenvalue weighted by atomic mass is 16.6. The molecule has 0 fully saturated rings. The van der Waals surface area contributed by atoms with E-state index in [1.807, 2.05) is 31.2 Å². The van der Waals surface area contributed by atoms with E-state index in [4.69, 9.17) is 15.2 Å². The Morgan fingerprint density at radius 1 is 1.27 bits per heavy atom. The fourth-order valence-corrected chi connectivity index (χ4v) is 2.14. The van der Waals surface area contributed by atoms with E-state index in [2.05, 4.69) is 15.3 Å². The predicted molar refractivity (Wildman–Crippen MR) is 101 cm³/mol. The first-order valence-corrected chi connectivity index (χ1v) is 8.30. The second-order valence-corrected chi connectivity index (χ2v) is 6.48. The molecule has 7 heteroatoms. The van der Waals surface area contributed by atoms with Gasteiger partial charge >= 0.3 is 6.09 Å². The number of ether oxygens (including phenoxy) is 2. The lowest BCUT2D eigenvalue weighted by Gasteiger charge is -2.19. The smallest absolute Gasteiger partial charge is 0.414 e. The monoisotopic (exact) mass is 356 g/mol. The van der Waals surface area contributed by atoms with Gasteiger partial charge in [0.1, 0.15) is 11.4 Å². The zero-order chi connectivity index (χ0) is 19.2. The molecule has 1 aromatic carbocycles. The number of benzene rings is 1. The van der Waals surface area contributed by atoms with Gasteiger partial charge in [0.2, 0.25) is 5.96 Å². The van der Waals surface area contributed by atoms with Crippen LogP contribution >= 0.6 is 0 Å². The minimum Gasteiger partial charge on any atom is -0.494 e. The van der Waals surface area contributed by atoms with E-state index >= 15 is 0 Å². The van der Waals surface area contributed by atoms with Gasteiger partial charge in [-0.05, 0) is 45.9 Å². The molecule has 7 nitrogen and oxygen atoms in total. The van der Waals surface area contributed by atoms with Crippen LogP contribution in [0.25, 0.3) is 11.3 Å². The normalized spacial score (nSPS) is 11.8. The number of carbonyl (C=O) groups excluding carboxylic acids is 1. The molecule has 0 radical (unpaired) electrons. The third-order valence-corrected chi connectivity index (χ3v) is 3.06. The van der Waals surface area contributed by atoms with Crippen LogP contribution in [0.3, 0.4) is 0 Å². The summed E-state index contributed by atoms with van der Waals surface area (Å²) in [4.78, 5) is 20.3. The molecular formula is C19H24N4O3. The molecule has 1 aromatic heterocycles. The van der Waals surface area contributed by atoms with Gasteiger partial charge in [-0.1, -0.05) is 12.1 Å². The molecule has 2 rings (SSSR count). The van der Waals surface area contributed by atoms with Crippen LogP contribution in [0.1, 0.15) is 27.7 Å². The van der Waals surface area contributed by atoms with Crippen molar-refractivity contribution < 1.29 is 14.3 Å². The number of pyridine rings is 1. The Morgan fingerprint density at radius 2 is 2.04 bits per heavy atom. The lowest BCUT2D eigenvalue weighted by atomic mass is 10.1. The van der Waals surface area contributed by atoms with Crippen molar-refractivity contribution in [1.29, 1.82) is 0 Å². The number of nitrogens with zero attached hydrogens (tertiary/aromatic N) is 2. The molecule has 0 aliphatic rings. The molecule has 0 saturated carbocycles. The first-order chi connectivity index (χ1) is 12.3. The van der Waals surface area contributed by atoms with Gasteiger partial charge in [0.05, 0.1) is 18.0 Å². The van der Waals surface area contributed by atoms with Gasteiger partial charge in [-0.25, -0.2) is 9.79 Å². The molecule has 2 aromatic rings. The highest BCUT2D eigenvalue weighted by Gasteiger charge is 2.16. The molecule has 0 aliphatic carbocycles. The van der Waals surface area contributed by atoms with Crippen LogP contribution in [0, 0.1) is 0 Å². The van der Waals surface area contributed by atoms with Gasteiger partial charge in [0, 0.05) is 17.8 Å². The molecule has 26 heavy (non-hydrogen) atoms. The summed E-state index contributed by atoms with van der Waals surface area (Å²) in [5.41, 5.74) is 7.37. The Kier molecular flexibility index (Phi) is 6.16. The first-order valence-electron chi connectivity index (χ1n) is 8.30. The summed E-state index contributed by atoms with van der Waals surface area (Å²) in [5, 5.41) is 2.40. The first kappa shape index (κ1) is 19.2. The van der Waals surface area contributed by atoms with Crippen molar-refractivity contribution in [3.8, 4) is 17.0 Å². The molecule has 0 atom stereocenters. The number of rotatable bonds is 4. The zero-order valence-corrected chi connectivity index (χ0v) is 15.4. The lowest BCUT2D eigenvalue weighted by Crippen LogP contribution is -2.40. The number of amides is 1. The Morgan fingerprint density at radius 3 is 2.73 bits per heavy atom. The summed E-state index contributed by atoms with van der Waals surface area (Å²) in [6, 6.07) is 11.0. The van der Waals surface area contributed by atoms with Crippen LogP contribution in [0.5, 0.6) is 5.75 Å². The highest BCUT2D eigenvalue weighted by molar-refractivity contribution is 5.94. The standard InChI is InChI=1S/C19H24N4O3/c1-5-25-15-9-10-21-16(12-15)13-7-6-8-14(11-13)22-17(20)23-18(24)26-19(2,3)4/h6-12H,5H2,1-4H3,(H3,20,22,23,24). The minimum atomic E-state index is -0.652. The van der Waals surface area contributed by atoms with Crippen LogP contribution < -0.4 is 15.8 Å². The fraction of sp³-hybridized carbons (Fsp3) is 0.316.